The molecule has 5 nitrogen and oxygen atoms in total. The first-order valence-electron chi connectivity index (χ1n) is 7.21. The van der Waals surface area contributed by atoms with Crippen LogP contribution in [-0.4, -0.2) is 34.4 Å². The Bertz CT molecular complexity index is 630. The summed E-state index contributed by atoms with van der Waals surface area (Å²) < 4.78 is 13.5. The highest BCUT2D eigenvalue weighted by Gasteiger charge is 2.13. The van der Waals surface area contributed by atoms with Gasteiger partial charge in [-0.15, -0.1) is 0 Å². The Kier molecular flexibility index (Phi) is 5.41. The number of hydrogen-bond acceptors (Lipinski definition) is 4. The largest absolute Gasteiger partial charge is 0.340 e. The summed E-state index contributed by atoms with van der Waals surface area (Å²) >= 11 is 0. The molecule has 1 amide bonds. The van der Waals surface area contributed by atoms with Gasteiger partial charge in [0.15, 0.2) is 0 Å². The van der Waals surface area contributed by atoms with Crippen molar-refractivity contribution >= 4 is 17.4 Å². The molecule has 1 heterocycles. The Morgan fingerprint density at radius 2 is 2.05 bits per heavy atom. The Morgan fingerprint density at radius 1 is 1.27 bits per heavy atom. The average molecular weight is 302 g/mol. The summed E-state index contributed by atoms with van der Waals surface area (Å²) in [7, 11) is 1.74. The number of benzene rings is 1. The molecule has 2 aromatic rings. The van der Waals surface area contributed by atoms with Crippen LogP contribution in [0.5, 0.6) is 0 Å². The quantitative estimate of drug-likeness (QED) is 0.890. The molecule has 0 saturated heterocycles. The smallest absolute Gasteiger partial charge is 0.273 e. The van der Waals surface area contributed by atoms with Crippen LogP contribution < -0.4 is 5.32 Å². The topological polar surface area (TPSA) is 58.1 Å². The second kappa shape index (κ2) is 7.49. The van der Waals surface area contributed by atoms with E-state index in [1.54, 1.807) is 30.1 Å². The lowest BCUT2D eigenvalue weighted by atomic mass is 10.3. The van der Waals surface area contributed by atoms with E-state index < -0.39 is 0 Å². The summed E-state index contributed by atoms with van der Waals surface area (Å²) in [5.74, 6) is -0.153. The van der Waals surface area contributed by atoms with E-state index in [2.05, 4.69) is 22.2 Å². The SMILES string of the molecule is CCCCN(C)C(=O)c1cnc(Nc2ccccc2F)cn1. The van der Waals surface area contributed by atoms with Crippen molar-refractivity contribution in [1.82, 2.24) is 14.9 Å². The molecule has 1 aromatic carbocycles. The molecule has 0 unspecified atom stereocenters. The summed E-state index contributed by atoms with van der Waals surface area (Å²) in [4.78, 5) is 21.9. The zero-order valence-corrected chi connectivity index (χ0v) is 12.7. The maximum atomic E-state index is 13.5. The molecule has 0 aliphatic carbocycles. The van der Waals surface area contributed by atoms with Crippen molar-refractivity contribution in [3.63, 3.8) is 0 Å². The van der Waals surface area contributed by atoms with Crippen molar-refractivity contribution in [3.8, 4) is 0 Å². The highest BCUT2D eigenvalue weighted by atomic mass is 19.1. The number of nitrogens with one attached hydrogen (secondary N) is 1. The van der Waals surface area contributed by atoms with Gasteiger partial charge in [-0.05, 0) is 18.6 Å². The molecule has 0 spiro atoms. The fourth-order valence-electron chi connectivity index (χ4n) is 1.90. The van der Waals surface area contributed by atoms with Crippen LogP contribution in [0, 0.1) is 5.82 Å². The first-order chi connectivity index (χ1) is 10.6. The molecule has 0 atom stereocenters. The van der Waals surface area contributed by atoms with Crippen LogP contribution >= 0.6 is 0 Å². The van der Waals surface area contributed by atoms with Crippen molar-refractivity contribution in [1.29, 1.82) is 0 Å². The molecular weight excluding hydrogens is 283 g/mol. The minimum Gasteiger partial charge on any atom is -0.340 e. The number of rotatable bonds is 6. The van der Waals surface area contributed by atoms with E-state index in [0.29, 0.717) is 18.1 Å². The van der Waals surface area contributed by atoms with E-state index in [4.69, 9.17) is 0 Å². The predicted molar refractivity (Wildman–Crippen MR) is 83.6 cm³/mol. The van der Waals surface area contributed by atoms with Gasteiger partial charge < -0.3 is 10.2 Å². The lowest BCUT2D eigenvalue weighted by Crippen LogP contribution is -2.28. The van der Waals surface area contributed by atoms with Crippen LogP contribution in [0.15, 0.2) is 36.7 Å². The van der Waals surface area contributed by atoms with E-state index in [-0.39, 0.29) is 17.4 Å². The number of para-hydroxylation sites is 1. The predicted octanol–water partition coefficient (Wildman–Crippen LogP) is 3.23. The van der Waals surface area contributed by atoms with Crippen LogP contribution in [0.1, 0.15) is 30.3 Å². The normalized spacial score (nSPS) is 10.3. The van der Waals surface area contributed by atoms with Gasteiger partial charge in [0.2, 0.25) is 0 Å². The van der Waals surface area contributed by atoms with Crippen LogP contribution in [-0.2, 0) is 0 Å². The highest BCUT2D eigenvalue weighted by Crippen LogP contribution is 2.17. The molecule has 0 bridgehead atoms. The summed E-state index contributed by atoms with van der Waals surface area (Å²) in [6.45, 7) is 2.76. The van der Waals surface area contributed by atoms with Crippen molar-refractivity contribution in [2.75, 3.05) is 18.9 Å². The third kappa shape index (κ3) is 4.00. The van der Waals surface area contributed by atoms with Crippen LogP contribution in [0.3, 0.4) is 0 Å². The number of amides is 1. The van der Waals surface area contributed by atoms with Gasteiger partial charge in [-0.3, -0.25) is 4.79 Å². The summed E-state index contributed by atoms with van der Waals surface area (Å²) in [6, 6.07) is 6.30. The van der Waals surface area contributed by atoms with Crippen LogP contribution in [0.25, 0.3) is 0 Å². The van der Waals surface area contributed by atoms with E-state index in [1.807, 2.05) is 0 Å². The van der Waals surface area contributed by atoms with Gasteiger partial charge in [-0.2, -0.15) is 0 Å². The van der Waals surface area contributed by atoms with Crippen LogP contribution in [0.4, 0.5) is 15.9 Å². The number of anilines is 2. The minimum atomic E-state index is -0.372. The molecule has 0 aliphatic heterocycles. The molecular formula is C16H19FN4O. The molecule has 22 heavy (non-hydrogen) atoms. The standard InChI is InChI=1S/C16H19FN4O/c1-3-4-9-21(2)16(22)14-10-19-15(11-18-14)20-13-8-6-5-7-12(13)17/h5-8,10-11H,3-4,9H2,1-2H3,(H,19,20). The molecule has 0 saturated carbocycles. The van der Waals surface area contributed by atoms with Gasteiger partial charge in [0.1, 0.15) is 17.3 Å². The first-order valence-corrected chi connectivity index (χ1v) is 7.21. The number of aromatic nitrogens is 2. The van der Waals surface area contributed by atoms with Crippen molar-refractivity contribution in [3.05, 3.63) is 48.2 Å². The van der Waals surface area contributed by atoms with Gasteiger partial charge in [-0.1, -0.05) is 25.5 Å². The summed E-state index contributed by atoms with van der Waals surface area (Å²) in [6.07, 6.45) is 4.79. The van der Waals surface area contributed by atoms with E-state index in [0.717, 1.165) is 12.8 Å². The minimum absolute atomic E-state index is 0.168. The second-order valence-corrected chi connectivity index (χ2v) is 4.97. The van der Waals surface area contributed by atoms with Gasteiger partial charge in [-0.25, -0.2) is 14.4 Å². The van der Waals surface area contributed by atoms with Crippen molar-refractivity contribution < 1.29 is 9.18 Å². The zero-order chi connectivity index (χ0) is 15.9. The van der Waals surface area contributed by atoms with Crippen molar-refractivity contribution in [2.24, 2.45) is 0 Å². The third-order valence-electron chi connectivity index (χ3n) is 3.20. The number of hydrogen-bond donors (Lipinski definition) is 1. The molecule has 0 radical (unpaired) electrons. The fraction of sp³-hybridized carbons (Fsp3) is 0.312. The molecule has 6 heteroatoms. The zero-order valence-electron chi connectivity index (χ0n) is 12.7. The van der Waals surface area contributed by atoms with Gasteiger partial charge in [0.25, 0.3) is 5.91 Å². The molecule has 1 aromatic heterocycles. The van der Waals surface area contributed by atoms with Gasteiger partial charge in [0, 0.05) is 13.6 Å². The Labute approximate surface area is 129 Å². The molecule has 0 aliphatic rings. The van der Waals surface area contributed by atoms with E-state index in [1.165, 1.54) is 18.5 Å². The highest BCUT2D eigenvalue weighted by molar-refractivity contribution is 5.91. The Morgan fingerprint density at radius 3 is 2.68 bits per heavy atom. The molecule has 1 N–H and O–H groups in total. The Balaban J connectivity index is 2.04. The molecule has 2 rings (SSSR count). The lowest BCUT2D eigenvalue weighted by Gasteiger charge is -2.16. The summed E-state index contributed by atoms with van der Waals surface area (Å²) in [5, 5.41) is 2.83. The maximum absolute atomic E-state index is 13.5. The number of carbonyl (C=O) groups excluding carboxylic acids is 1. The van der Waals surface area contributed by atoms with E-state index >= 15 is 0 Å². The second-order valence-electron chi connectivity index (χ2n) is 4.97. The van der Waals surface area contributed by atoms with Gasteiger partial charge in [0.05, 0.1) is 18.1 Å². The van der Waals surface area contributed by atoms with Crippen molar-refractivity contribution in [2.45, 2.75) is 19.8 Å². The number of halogens is 1. The lowest BCUT2D eigenvalue weighted by molar-refractivity contribution is 0.0787. The number of nitrogens with zero attached hydrogens (tertiary/aromatic N) is 3. The first kappa shape index (κ1) is 15.9. The van der Waals surface area contributed by atoms with Crippen LogP contribution in [0.2, 0.25) is 0 Å². The maximum Gasteiger partial charge on any atom is 0.273 e. The monoisotopic (exact) mass is 302 g/mol. The summed E-state index contributed by atoms with van der Waals surface area (Å²) in [5.41, 5.74) is 0.591. The third-order valence-corrected chi connectivity index (χ3v) is 3.20. The number of carbonyl (C=O) groups is 1. The molecule has 0 fully saturated rings. The average Bonchev–Trinajstić information content (AvgIpc) is 2.55. The Hall–Kier alpha value is -2.50. The molecule has 116 valence electrons. The fourth-order valence-corrected chi connectivity index (χ4v) is 1.90. The van der Waals surface area contributed by atoms with E-state index in [9.17, 15) is 9.18 Å². The van der Waals surface area contributed by atoms with Gasteiger partial charge >= 0.3 is 0 Å². The number of unbranched alkanes of at least 4 members (excludes halogenated alkanes) is 1.